The van der Waals surface area contributed by atoms with Crippen LogP contribution in [-0.4, -0.2) is 67.5 Å². The number of hydrogen-bond donors (Lipinski definition) is 3. The Balaban J connectivity index is 1.24. The number of nitrogens with zero attached hydrogens (tertiary/aromatic N) is 3. The SMILES string of the molecule is CC(C)(C)C1c2ccccc2C[C@@H](C(=O)N[C@H](Cc2ccc(Cl)cc2)C(=O)N2CCC(c3ccccc3-n3cc[nH]c3=O)CC2)N1C(=O)O. The molecule has 256 valence electrons. The first-order valence-corrected chi connectivity index (χ1v) is 17.1. The maximum atomic E-state index is 14.3. The normalized spacial score (nSPS) is 18.9. The lowest BCUT2D eigenvalue weighted by Crippen LogP contribution is -2.60. The van der Waals surface area contributed by atoms with Crippen molar-refractivity contribution in [1.82, 2.24) is 24.7 Å². The monoisotopic (exact) mass is 683 g/mol. The fourth-order valence-corrected chi connectivity index (χ4v) is 7.61. The van der Waals surface area contributed by atoms with Gasteiger partial charge in [-0.1, -0.05) is 87.0 Å². The number of rotatable bonds is 7. The number of carbonyl (C=O) groups is 3. The third-order valence-electron chi connectivity index (χ3n) is 9.78. The number of halogens is 1. The van der Waals surface area contributed by atoms with Gasteiger partial charge in [0.2, 0.25) is 11.8 Å². The number of piperidine rings is 1. The number of hydrogen-bond acceptors (Lipinski definition) is 4. The van der Waals surface area contributed by atoms with Gasteiger partial charge < -0.3 is 20.3 Å². The van der Waals surface area contributed by atoms with E-state index in [1.54, 1.807) is 34.0 Å². The molecule has 1 fully saturated rings. The molecule has 0 radical (unpaired) electrons. The largest absolute Gasteiger partial charge is 0.465 e. The Labute approximate surface area is 290 Å². The van der Waals surface area contributed by atoms with Crippen LogP contribution in [-0.2, 0) is 22.4 Å². The molecule has 1 saturated heterocycles. The Morgan fingerprint density at radius 3 is 2.24 bits per heavy atom. The highest BCUT2D eigenvalue weighted by Crippen LogP contribution is 2.44. The fraction of sp³-hybridized carbons (Fsp3) is 0.368. The standard InChI is InChI=1S/C38H42ClN5O5/c1-38(2,3)33-29-10-5-4-8-26(29)23-32(44(33)37(48)49)34(45)41-30(22-24-12-14-27(39)15-13-24)35(46)42-19-16-25(17-20-42)28-9-6-7-11-31(28)43-21-18-40-36(43)47/h4-15,18,21,25,30,32-33H,16-17,19-20,22-23H2,1-3H3,(H,40,47)(H,41,45)(H,48,49)/t30-,32+,33?/m1/s1. The lowest BCUT2D eigenvalue weighted by atomic mass is 9.75. The van der Waals surface area contributed by atoms with Crippen molar-refractivity contribution in [1.29, 1.82) is 0 Å². The summed E-state index contributed by atoms with van der Waals surface area (Å²) in [6.07, 6.45) is 3.94. The summed E-state index contributed by atoms with van der Waals surface area (Å²) >= 11 is 6.15. The van der Waals surface area contributed by atoms with Crippen molar-refractivity contribution >= 4 is 29.5 Å². The number of aromatic nitrogens is 2. The molecule has 0 aliphatic carbocycles. The zero-order chi connectivity index (χ0) is 34.9. The Morgan fingerprint density at radius 1 is 0.959 bits per heavy atom. The van der Waals surface area contributed by atoms with Gasteiger partial charge in [-0.05, 0) is 64.6 Å². The quantitative estimate of drug-likeness (QED) is 0.222. The number of carbonyl (C=O) groups excluding carboxylic acids is 2. The van der Waals surface area contributed by atoms with Gasteiger partial charge in [-0.25, -0.2) is 9.59 Å². The summed E-state index contributed by atoms with van der Waals surface area (Å²) in [7, 11) is 0. The van der Waals surface area contributed by atoms with E-state index in [1.165, 1.54) is 4.90 Å². The van der Waals surface area contributed by atoms with E-state index in [4.69, 9.17) is 11.6 Å². The second kappa shape index (κ2) is 14.0. The Bertz CT molecular complexity index is 1890. The van der Waals surface area contributed by atoms with Crippen molar-refractivity contribution < 1.29 is 19.5 Å². The summed E-state index contributed by atoms with van der Waals surface area (Å²) in [6.45, 7) is 6.84. The van der Waals surface area contributed by atoms with Crippen molar-refractivity contribution in [2.75, 3.05) is 13.1 Å². The van der Waals surface area contributed by atoms with Crippen LogP contribution in [0.2, 0.25) is 5.02 Å². The Hall–Kier alpha value is -4.83. The molecule has 0 saturated carbocycles. The van der Waals surface area contributed by atoms with Gasteiger partial charge >= 0.3 is 11.8 Å². The second-order valence-corrected chi connectivity index (χ2v) is 14.5. The minimum Gasteiger partial charge on any atom is -0.465 e. The highest BCUT2D eigenvalue weighted by Gasteiger charge is 2.46. The molecule has 0 spiro atoms. The van der Waals surface area contributed by atoms with Gasteiger partial charge in [0, 0.05) is 43.3 Å². The summed E-state index contributed by atoms with van der Waals surface area (Å²) in [6, 6.07) is 20.1. The van der Waals surface area contributed by atoms with Gasteiger partial charge in [0.1, 0.15) is 12.1 Å². The Kier molecular flexibility index (Phi) is 9.70. The first-order chi connectivity index (χ1) is 23.4. The van der Waals surface area contributed by atoms with Crippen LogP contribution in [0.3, 0.4) is 0 Å². The summed E-state index contributed by atoms with van der Waals surface area (Å²) < 4.78 is 1.60. The number of benzene rings is 3. The fourth-order valence-electron chi connectivity index (χ4n) is 7.49. The minimum absolute atomic E-state index is 0.132. The Morgan fingerprint density at radius 2 is 1.61 bits per heavy atom. The summed E-state index contributed by atoms with van der Waals surface area (Å²) in [5.41, 5.74) is 3.78. The van der Waals surface area contributed by atoms with E-state index >= 15 is 0 Å². The number of carboxylic acid groups (broad SMARTS) is 1. The average molecular weight is 684 g/mol. The second-order valence-electron chi connectivity index (χ2n) is 14.1. The summed E-state index contributed by atoms with van der Waals surface area (Å²) in [5.74, 6) is -0.589. The molecule has 10 nitrogen and oxygen atoms in total. The molecule has 49 heavy (non-hydrogen) atoms. The molecule has 3 atom stereocenters. The molecular formula is C38H42ClN5O5. The van der Waals surface area contributed by atoms with Gasteiger partial charge in [-0.15, -0.1) is 0 Å². The van der Waals surface area contributed by atoms with Gasteiger partial charge in [0.15, 0.2) is 0 Å². The smallest absolute Gasteiger partial charge is 0.408 e. The van der Waals surface area contributed by atoms with E-state index in [0.717, 1.165) is 27.9 Å². The van der Waals surface area contributed by atoms with E-state index in [0.29, 0.717) is 31.0 Å². The molecule has 0 bridgehead atoms. The predicted molar refractivity (Wildman–Crippen MR) is 188 cm³/mol. The molecule has 4 aromatic rings. The number of fused-ring (bicyclic) bond motifs is 1. The van der Waals surface area contributed by atoms with Crippen LogP contribution in [0.1, 0.15) is 67.8 Å². The zero-order valence-electron chi connectivity index (χ0n) is 27.9. The van der Waals surface area contributed by atoms with Gasteiger partial charge in [-0.2, -0.15) is 0 Å². The third kappa shape index (κ3) is 7.15. The lowest BCUT2D eigenvalue weighted by molar-refractivity contribution is -0.139. The van der Waals surface area contributed by atoms with E-state index in [9.17, 15) is 24.3 Å². The number of likely N-dealkylation sites (tertiary alicyclic amines) is 1. The van der Waals surface area contributed by atoms with Crippen LogP contribution < -0.4 is 11.0 Å². The lowest BCUT2D eigenvalue weighted by Gasteiger charge is -2.46. The minimum atomic E-state index is -1.18. The van der Waals surface area contributed by atoms with Gasteiger partial charge in [0.25, 0.3) is 0 Å². The van der Waals surface area contributed by atoms with E-state index < -0.39 is 35.5 Å². The zero-order valence-corrected chi connectivity index (χ0v) is 28.7. The number of para-hydroxylation sites is 1. The van der Waals surface area contributed by atoms with Crippen LogP contribution >= 0.6 is 11.6 Å². The van der Waals surface area contributed by atoms with Crippen LogP contribution in [0, 0.1) is 5.41 Å². The van der Waals surface area contributed by atoms with E-state index in [-0.39, 0.29) is 30.4 Å². The number of aromatic amines is 1. The topological polar surface area (TPSA) is 128 Å². The van der Waals surface area contributed by atoms with Crippen LogP contribution in [0.4, 0.5) is 4.79 Å². The molecule has 3 aromatic carbocycles. The van der Waals surface area contributed by atoms with Gasteiger partial charge in [-0.3, -0.25) is 19.1 Å². The maximum absolute atomic E-state index is 14.3. The molecule has 2 aliphatic heterocycles. The summed E-state index contributed by atoms with van der Waals surface area (Å²) in [5, 5.41) is 14.0. The van der Waals surface area contributed by atoms with Crippen molar-refractivity contribution in [2.24, 2.45) is 5.41 Å². The maximum Gasteiger partial charge on any atom is 0.408 e. The first-order valence-electron chi connectivity index (χ1n) is 16.7. The molecule has 1 unspecified atom stereocenters. The highest BCUT2D eigenvalue weighted by molar-refractivity contribution is 6.30. The van der Waals surface area contributed by atoms with E-state index in [2.05, 4.69) is 10.3 Å². The molecule has 1 aromatic heterocycles. The highest BCUT2D eigenvalue weighted by atomic mass is 35.5. The average Bonchev–Trinajstić information content (AvgIpc) is 3.52. The molecule has 3 N–H and O–H groups in total. The molecule has 3 amide bonds. The van der Waals surface area contributed by atoms with Crippen molar-refractivity contribution in [3.63, 3.8) is 0 Å². The van der Waals surface area contributed by atoms with Crippen LogP contribution in [0.25, 0.3) is 5.69 Å². The molecule has 6 rings (SSSR count). The van der Waals surface area contributed by atoms with Crippen LogP contribution in [0.5, 0.6) is 0 Å². The number of nitrogens with one attached hydrogen (secondary N) is 2. The van der Waals surface area contributed by atoms with E-state index in [1.807, 2.05) is 81.4 Å². The predicted octanol–water partition coefficient (Wildman–Crippen LogP) is 5.94. The first kappa shape index (κ1) is 34.0. The van der Waals surface area contributed by atoms with Gasteiger partial charge in [0.05, 0.1) is 11.7 Å². The summed E-state index contributed by atoms with van der Waals surface area (Å²) in [4.78, 5) is 59.5. The number of H-pyrrole nitrogens is 1. The van der Waals surface area contributed by atoms with Crippen molar-refractivity contribution in [2.45, 2.75) is 70.5 Å². The molecule has 3 heterocycles. The van der Waals surface area contributed by atoms with Crippen LogP contribution in [0.15, 0.2) is 90.0 Å². The number of amides is 3. The number of imidazole rings is 1. The molecular weight excluding hydrogens is 642 g/mol. The van der Waals surface area contributed by atoms with Crippen molar-refractivity contribution in [3.8, 4) is 5.69 Å². The molecule has 2 aliphatic rings. The van der Waals surface area contributed by atoms with Crippen molar-refractivity contribution in [3.05, 3.63) is 123 Å². The third-order valence-corrected chi connectivity index (χ3v) is 10.0. The molecule has 11 heteroatoms.